The summed E-state index contributed by atoms with van der Waals surface area (Å²) in [6.07, 6.45) is 5.26. The maximum atomic E-state index is 5.37. The molecule has 0 saturated heterocycles. The molecule has 0 aromatic heterocycles. The fourth-order valence-electron chi connectivity index (χ4n) is 2.33. The van der Waals surface area contributed by atoms with Crippen molar-refractivity contribution < 1.29 is 4.74 Å². The van der Waals surface area contributed by atoms with Gasteiger partial charge in [-0.2, -0.15) is 0 Å². The number of unbranched alkanes of at least 4 members (excludes halogenated alkanes) is 2. The van der Waals surface area contributed by atoms with Gasteiger partial charge >= 0.3 is 0 Å². The van der Waals surface area contributed by atoms with Crippen LogP contribution in [0.2, 0.25) is 0 Å². The lowest BCUT2D eigenvalue weighted by atomic mass is 9.87. The summed E-state index contributed by atoms with van der Waals surface area (Å²) in [5.41, 5.74) is 1.60. The van der Waals surface area contributed by atoms with Crippen LogP contribution < -0.4 is 10.1 Å². The lowest BCUT2D eigenvalue weighted by Crippen LogP contribution is -2.29. The van der Waals surface area contributed by atoms with Crippen LogP contribution in [0.3, 0.4) is 0 Å². The molecule has 1 aromatic rings. The molecule has 0 aliphatic carbocycles. The Labute approximate surface area is 118 Å². The third kappa shape index (κ3) is 6.11. The van der Waals surface area contributed by atoms with Gasteiger partial charge in [0.15, 0.2) is 0 Å². The Hall–Kier alpha value is -1.02. The zero-order chi connectivity index (χ0) is 14.1. The van der Waals surface area contributed by atoms with E-state index in [1.165, 1.54) is 31.2 Å². The first-order chi connectivity index (χ1) is 9.09. The predicted molar refractivity (Wildman–Crippen MR) is 82.6 cm³/mol. The van der Waals surface area contributed by atoms with Crippen molar-refractivity contribution in [2.75, 3.05) is 13.7 Å². The Morgan fingerprint density at radius 1 is 1.16 bits per heavy atom. The zero-order valence-corrected chi connectivity index (χ0v) is 13.0. The molecule has 0 heterocycles. The second kappa shape index (κ2) is 8.21. The average molecular weight is 263 g/mol. The fraction of sp³-hybridized carbons (Fsp3) is 0.647. The number of rotatable bonds is 9. The monoisotopic (exact) mass is 263 g/mol. The molecule has 19 heavy (non-hydrogen) atoms. The first kappa shape index (κ1) is 16.0. The van der Waals surface area contributed by atoms with Crippen molar-refractivity contribution in [3.05, 3.63) is 29.8 Å². The number of hydrogen-bond donors (Lipinski definition) is 1. The molecule has 0 aliphatic heterocycles. The van der Waals surface area contributed by atoms with Crippen molar-refractivity contribution in [1.82, 2.24) is 5.32 Å². The third-order valence-corrected chi connectivity index (χ3v) is 3.57. The maximum Gasteiger partial charge on any atom is 0.123 e. The molecule has 2 nitrogen and oxygen atoms in total. The van der Waals surface area contributed by atoms with Gasteiger partial charge in [-0.25, -0.2) is 0 Å². The van der Waals surface area contributed by atoms with E-state index in [1.54, 1.807) is 7.11 Å². The molecule has 2 heteroatoms. The molecule has 0 unspecified atom stereocenters. The van der Waals surface area contributed by atoms with Crippen LogP contribution in [0.25, 0.3) is 0 Å². The zero-order valence-electron chi connectivity index (χ0n) is 13.0. The molecule has 1 N–H and O–H groups in total. The molecule has 0 amide bonds. The van der Waals surface area contributed by atoms with Gasteiger partial charge < -0.3 is 10.1 Å². The summed E-state index contributed by atoms with van der Waals surface area (Å²) < 4.78 is 5.37. The standard InChI is InChI=1S/C17H29NO/c1-5-6-9-12-17(2,3)14-18-13-15-10-7-8-11-16(15)19-4/h7-8,10-11,18H,5-6,9,12-14H2,1-4H3. The predicted octanol–water partition coefficient (Wildman–Crippen LogP) is 4.39. The normalized spacial score (nSPS) is 11.6. The Bertz CT molecular complexity index is 360. The van der Waals surface area contributed by atoms with E-state index in [0.29, 0.717) is 5.41 Å². The number of para-hydroxylation sites is 1. The van der Waals surface area contributed by atoms with Gasteiger partial charge in [-0.1, -0.05) is 58.2 Å². The van der Waals surface area contributed by atoms with Crippen LogP contribution in [0.4, 0.5) is 0 Å². The molecule has 1 rings (SSSR count). The van der Waals surface area contributed by atoms with E-state index in [9.17, 15) is 0 Å². The Balaban J connectivity index is 2.36. The van der Waals surface area contributed by atoms with Crippen molar-refractivity contribution in [1.29, 1.82) is 0 Å². The van der Waals surface area contributed by atoms with Crippen LogP contribution in [0.5, 0.6) is 5.75 Å². The van der Waals surface area contributed by atoms with Gasteiger partial charge in [0.1, 0.15) is 5.75 Å². The lowest BCUT2D eigenvalue weighted by molar-refractivity contribution is 0.301. The molecule has 0 saturated carbocycles. The van der Waals surface area contributed by atoms with Crippen molar-refractivity contribution in [2.45, 2.75) is 53.0 Å². The van der Waals surface area contributed by atoms with Crippen LogP contribution in [0, 0.1) is 5.41 Å². The highest BCUT2D eigenvalue weighted by Gasteiger charge is 2.16. The molecule has 108 valence electrons. The Morgan fingerprint density at radius 3 is 2.58 bits per heavy atom. The highest BCUT2D eigenvalue weighted by Crippen LogP contribution is 2.23. The van der Waals surface area contributed by atoms with Crippen LogP contribution in [0.1, 0.15) is 52.0 Å². The van der Waals surface area contributed by atoms with Gasteiger partial charge in [0.25, 0.3) is 0 Å². The summed E-state index contributed by atoms with van der Waals surface area (Å²) in [5.74, 6) is 0.971. The average Bonchev–Trinajstić information content (AvgIpc) is 2.39. The number of benzene rings is 1. The van der Waals surface area contributed by atoms with Gasteiger partial charge in [-0.05, 0) is 17.9 Å². The van der Waals surface area contributed by atoms with Crippen LogP contribution in [-0.2, 0) is 6.54 Å². The largest absolute Gasteiger partial charge is 0.496 e. The van der Waals surface area contributed by atoms with Gasteiger partial charge in [-0.15, -0.1) is 0 Å². The summed E-state index contributed by atoms with van der Waals surface area (Å²) in [7, 11) is 1.73. The number of methoxy groups -OCH3 is 1. The molecule has 0 spiro atoms. The quantitative estimate of drug-likeness (QED) is 0.667. The summed E-state index contributed by atoms with van der Waals surface area (Å²) in [6, 6.07) is 8.21. The summed E-state index contributed by atoms with van der Waals surface area (Å²) >= 11 is 0. The van der Waals surface area contributed by atoms with Crippen molar-refractivity contribution in [3.8, 4) is 5.75 Å². The molecule has 0 atom stereocenters. The molecule has 0 aliphatic rings. The van der Waals surface area contributed by atoms with Gasteiger partial charge in [0.05, 0.1) is 7.11 Å². The van der Waals surface area contributed by atoms with Gasteiger partial charge in [-0.3, -0.25) is 0 Å². The molecule has 0 fully saturated rings. The van der Waals surface area contributed by atoms with Crippen molar-refractivity contribution >= 4 is 0 Å². The van der Waals surface area contributed by atoms with Gasteiger partial charge in [0, 0.05) is 18.7 Å². The van der Waals surface area contributed by atoms with Crippen molar-refractivity contribution in [2.24, 2.45) is 5.41 Å². The minimum absolute atomic E-state index is 0.372. The highest BCUT2D eigenvalue weighted by molar-refractivity contribution is 5.32. The van der Waals surface area contributed by atoms with E-state index < -0.39 is 0 Å². The summed E-state index contributed by atoms with van der Waals surface area (Å²) in [6.45, 7) is 8.87. The van der Waals surface area contributed by atoms with E-state index >= 15 is 0 Å². The topological polar surface area (TPSA) is 21.3 Å². The van der Waals surface area contributed by atoms with E-state index in [0.717, 1.165) is 18.8 Å². The second-order valence-corrected chi connectivity index (χ2v) is 6.04. The van der Waals surface area contributed by atoms with E-state index in [2.05, 4.69) is 38.2 Å². The molecular formula is C17H29NO. The summed E-state index contributed by atoms with van der Waals surface area (Å²) in [5, 5.41) is 3.56. The van der Waals surface area contributed by atoms with Gasteiger partial charge in [0.2, 0.25) is 0 Å². The second-order valence-electron chi connectivity index (χ2n) is 6.04. The molecule has 1 aromatic carbocycles. The Kier molecular flexibility index (Phi) is 6.93. The highest BCUT2D eigenvalue weighted by atomic mass is 16.5. The summed E-state index contributed by atoms with van der Waals surface area (Å²) in [4.78, 5) is 0. The van der Waals surface area contributed by atoms with E-state index in [1.807, 2.05) is 12.1 Å². The number of hydrogen-bond acceptors (Lipinski definition) is 2. The third-order valence-electron chi connectivity index (χ3n) is 3.57. The lowest BCUT2D eigenvalue weighted by Gasteiger charge is -2.25. The minimum Gasteiger partial charge on any atom is -0.496 e. The SMILES string of the molecule is CCCCCC(C)(C)CNCc1ccccc1OC. The molecule has 0 radical (unpaired) electrons. The minimum atomic E-state index is 0.372. The Morgan fingerprint density at radius 2 is 1.89 bits per heavy atom. The van der Waals surface area contributed by atoms with Crippen LogP contribution in [-0.4, -0.2) is 13.7 Å². The van der Waals surface area contributed by atoms with Crippen LogP contribution >= 0.6 is 0 Å². The number of nitrogens with one attached hydrogen (secondary N) is 1. The fourth-order valence-corrected chi connectivity index (χ4v) is 2.33. The first-order valence-electron chi connectivity index (χ1n) is 7.41. The van der Waals surface area contributed by atoms with E-state index in [-0.39, 0.29) is 0 Å². The van der Waals surface area contributed by atoms with E-state index in [4.69, 9.17) is 4.74 Å². The smallest absolute Gasteiger partial charge is 0.123 e. The van der Waals surface area contributed by atoms with Crippen LogP contribution in [0.15, 0.2) is 24.3 Å². The molecular weight excluding hydrogens is 234 g/mol. The first-order valence-corrected chi connectivity index (χ1v) is 7.41. The molecule has 0 bridgehead atoms. The maximum absolute atomic E-state index is 5.37. The number of ether oxygens (including phenoxy) is 1. The van der Waals surface area contributed by atoms with Crippen molar-refractivity contribution in [3.63, 3.8) is 0 Å².